The minimum Gasteiger partial charge on any atom is -0.493 e. The molecule has 0 saturated heterocycles. The van der Waals surface area contributed by atoms with Crippen molar-refractivity contribution in [3.05, 3.63) is 35.8 Å². The van der Waals surface area contributed by atoms with Crippen LogP contribution in [0.15, 0.2) is 24.4 Å². The first-order chi connectivity index (χ1) is 9.28. The number of nitrogens with zero attached hydrogens (tertiary/aromatic N) is 1. The number of aromatic amines is 1. The zero-order valence-electron chi connectivity index (χ0n) is 11.1. The lowest BCUT2D eigenvalue weighted by molar-refractivity contribution is 0.288. The SMILES string of the molecule is CC(CN)c1ncc(-c2ccc3c(c2)CCCO3)[nH]1. The van der Waals surface area contributed by atoms with Crippen LogP contribution in [0.25, 0.3) is 11.3 Å². The van der Waals surface area contributed by atoms with Gasteiger partial charge in [0.2, 0.25) is 0 Å². The van der Waals surface area contributed by atoms with Crippen LogP contribution >= 0.6 is 0 Å². The number of aryl methyl sites for hydroxylation is 1. The van der Waals surface area contributed by atoms with Crippen LogP contribution in [-0.4, -0.2) is 23.1 Å². The predicted molar refractivity (Wildman–Crippen MR) is 75.3 cm³/mol. The van der Waals surface area contributed by atoms with Gasteiger partial charge in [-0.2, -0.15) is 0 Å². The van der Waals surface area contributed by atoms with E-state index in [-0.39, 0.29) is 5.92 Å². The number of benzene rings is 1. The molecule has 0 saturated carbocycles. The topological polar surface area (TPSA) is 63.9 Å². The summed E-state index contributed by atoms with van der Waals surface area (Å²) in [7, 11) is 0. The van der Waals surface area contributed by atoms with Crippen LogP contribution in [0.1, 0.15) is 30.7 Å². The third-order valence-corrected chi connectivity index (χ3v) is 3.64. The van der Waals surface area contributed by atoms with Crippen molar-refractivity contribution in [3.63, 3.8) is 0 Å². The van der Waals surface area contributed by atoms with E-state index >= 15 is 0 Å². The summed E-state index contributed by atoms with van der Waals surface area (Å²) in [5.41, 5.74) is 9.16. The molecule has 0 amide bonds. The van der Waals surface area contributed by atoms with Crippen molar-refractivity contribution in [2.24, 2.45) is 5.73 Å². The third-order valence-electron chi connectivity index (χ3n) is 3.64. The molecular weight excluding hydrogens is 238 g/mol. The fraction of sp³-hybridized carbons (Fsp3) is 0.400. The van der Waals surface area contributed by atoms with Crippen molar-refractivity contribution < 1.29 is 4.74 Å². The molecule has 1 aliphatic heterocycles. The Morgan fingerprint density at radius 3 is 3.21 bits per heavy atom. The molecule has 1 aliphatic rings. The van der Waals surface area contributed by atoms with Crippen molar-refractivity contribution in [1.82, 2.24) is 9.97 Å². The van der Waals surface area contributed by atoms with Crippen molar-refractivity contribution in [1.29, 1.82) is 0 Å². The van der Waals surface area contributed by atoms with Gasteiger partial charge >= 0.3 is 0 Å². The Morgan fingerprint density at radius 2 is 2.37 bits per heavy atom. The van der Waals surface area contributed by atoms with Gasteiger partial charge in [0.15, 0.2) is 0 Å². The molecule has 0 bridgehead atoms. The first-order valence-corrected chi connectivity index (χ1v) is 6.79. The van der Waals surface area contributed by atoms with Gasteiger partial charge in [-0.05, 0) is 36.6 Å². The van der Waals surface area contributed by atoms with Crippen molar-refractivity contribution >= 4 is 0 Å². The largest absolute Gasteiger partial charge is 0.493 e. The quantitative estimate of drug-likeness (QED) is 0.887. The van der Waals surface area contributed by atoms with E-state index in [0.717, 1.165) is 42.3 Å². The van der Waals surface area contributed by atoms with Crippen LogP contribution in [0.2, 0.25) is 0 Å². The Balaban J connectivity index is 1.91. The Hall–Kier alpha value is -1.81. The van der Waals surface area contributed by atoms with E-state index in [1.165, 1.54) is 5.56 Å². The molecule has 3 N–H and O–H groups in total. The number of ether oxygens (including phenoxy) is 1. The molecule has 1 atom stereocenters. The van der Waals surface area contributed by atoms with Crippen molar-refractivity contribution in [2.45, 2.75) is 25.7 Å². The summed E-state index contributed by atoms with van der Waals surface area (Å²) in [5, 5.41) is 0. The van der Waals surface area contributed by atoms with Gasteiger partial charge in [-0.25, -0.2) is 4.98 Å². The van der Waals surface area contributed by atoms with Gasteiger partial charge in [-0.3, -0.25) is 0 Å². The van der Waals surface area contributed by atoms with Crippen molar-refractivity contribution in [2.75, 3.05) is 13.2 Å². The molecule has 19 heavy (non-hydrogen) atoms. The van der Waals surface area contributed by atoms with Crippen molar-refractivity contribution in [3.8, 4) is 17.0 Å². The lowest BCUT2D eigenvalue weighted by atomic mass is 10.0. The summed E-state index contributed by atoms with van der Waals surface area (Å²) in [6.07, 6.45) is 4.06. The maximum absolute atomic E-state index is 5.67. The second-order valence-corrected chi connectivity index (χ2v) is 5.09. The number of H-pyrrole nitrogens is 1. The summed E-state index contributed by atoms with van der Waals surface area (Å²) in [4.78, 5) is 7.76. The van der Waals surface area contributed by atoms with Gasteiger partial charge in [-0.1, -0.05) is 6.92 Å². The maximum Gasteiger partial charge on any atom is 0.122 e. The molecule has 100 valence electrons. The molecule has 0 radical (unpaired) electrons. The number of hydrogen-bond acceptors (Lipinski definition) is 3. The summed E-state index contributed by atoms with van der Waals surface area (Å²) < 4.78 is 5.63. The van der Waals surface area contributed by atoms with Gasteiger partial charge in [-0.15, -0.1) is 0 Å². The first-order valence-electron chi connectivity index (χ1n) is 6.79. The molecular formula is C15H19N3O. The Kier molecular flexibility index (Phi) is 3.25. The zero-order chi connectivity index (χ0) is 13.2. The fourth-order valence-electron chi connectivity index (χ4n) is 2.37. The van der Waals surface area contributed by atoms with Crippen LogP contribution in [0, 0.1) is 0 Å². The Labute approximate surface area is 113 Å². The fourth-order valence-corrected chi connectivity index (χ4v) is 2.37. The van der Waals surface area contributed by atoms with Crippen LogP contribution in [0.5, 0.6) is 5.75 Å². The molecule has 0 aliphatic carbocycles. The summed E-state index contributed by atoms with van der Waals surface area (Å²) >= 11 is 0. The molecule has 1 unspecified atom stereocenters. The Bertz CT molecular complexity index is 577. The highest BCUT2D eigenvalue weighted by molar-refractivity contribution is 5.62. The van der Waals surface area contributed by atoms with E-state index in [9.17, 15) is 0 Å². The third kappa shape index (κ3) is 2.36. The molecule has 4 heteroatoms. The van der Waals surface area contributed by atoms with E-state index < -0.39 is 0 Å². The van der Waals surface area contributed by atoms with Gasteiger partial charge < -0.3 is 15.5 Å². The van der Waals surface area contributed by atoms with E-state index in [2.05, 4.69) is 35.1 Å². The zero-order valence-corrected chi connectivity index (χ0v) is 11.1. The summed E-state index contributed by atoms with van der Waals surface area (Å²) in [6, 6.07) is 6.32. The average Bonchev–Trinajstić information content (AvgIpc) is 2.95. The summed E-state index contributed by atoms with van der Waals surface area (Å²) in [5.74, 6) is 2.23. The lowest BCUT2D eigenvalue weighted by Crippen LogP contribution is -2.10. The normalized spacial score (nSPS) is 15.7. The first kappa shape index (κ1) is 12.2. The van der Waals surface area contributed by atoms with E-state index in [1.807, 2.05) is 6.20 Å². The molecule has 2 heterocycles. The van der Waals surface area contributed by atoms with Gasteiger partial charge in [0.05, 0.1) is 18.5 Å². The minimum atomic E-state index is 0.259. The molecule has 3 rings (SSSR count). The number of nitrogens with one attached hydrogen (secondary N) is 1. The van der Waals surface area contributed by atoms with E-state index in [4.69, 9.17) is 10.5 Å². The standard InChI is InChI=1S/C15H19N3O/c1-10(8-16)15-17-9-13(18-15)11-4-5-14-12(7-11)3-2-6-19-14/h4-5,7,9-10H,2-3,6,8,16H2,1H3,(H,17,18). The average molecular weight is 257 g/mol. The van der Waals surface area contributed by atoms with Crippen LogP contribution in [0.3, 0.4) is 0 Å². The van der Waals surface area contributed by atoms with Crippen LogP contribution in [-0.2, 0) is 6.42 Å². The predicted octanol–water partition coefficient (Wildman–Crippen LogP) is 2.46. The number of fused-ring (bicyclic) bond motifs is 1. The number of nitrogens with two attached hydrogens (primary N) is 1. The molecule has 0 spiro atoms. The highest BCUT2D eigenvalue weighted by atomic mass is 16.5. The second-order valence-electron chi connectivity index (χ2n) is 5.09. The van der Waals surface area contributed by atoms with Gasteiger partial charge in [0, 0.05) is 18.0 Å². The molecule has 1 aromatic carbocycles. The number of aromatic nitrogens is 2. The molecule has 0 fully saturated rings. The highest BCUT2D eigenvalue weighted by Gasteiger charge is 2.13. The van der Waals surface area contributed by atoms with E-state index in [0.29, 0.717) is 6.54 Å². The molecule has 4 nitrogen and oxygen atoms in total. The van der Waals surface area contributed by atoms with Gasteiger partial charge in [0.25, 0.3) is 0 Å². The molecule has 2 aromatic rings. The summed E-state index contributed by atoms with van der Waals surface area (Å²) in [6.45, 7) is 3.50. The smallest absolute Gasteiger partial charge is 0.122 e. The Morgan fingerprint density at radius 1 is 1.47 bits per heavy atom. The second kappa shape index (κ2) is 5.05. The maximum atomic E-state index is 5.67. The highest BCUT2D eigenvalue weighted by Crippen LogP contribution is 2.29. The monoisotopic (exact) mass is 257 g/mol. The van der Waals surface area contributed by atoms with Gasteiger partial charge in [0.1, 0.15) is 11.6 Å². The van der Waals surface area contributed by atoms with Crippen LogP contribution < -0.4 is 10.5 Å². The lowest BCUT2D eigenvalue weighted by Gasteiger charge is -2.17. The van der Waals surface area contributed by atoms with E-state index in [1.54, 1.807) is 0 Å². The number of imidazole rings is 1. The number of rotatable bonds is 3. The molecule has 1 aromatic heterocycles. The van der Waals surface area contributed by atoms with Crippen LogP contribution in [0.4, 0.5) is 0 Å². The number of hydrogen-bond donors (Lipinski definition) is 2. The minimum absolute atomic E-state index is 0.259.